The molecule has 0 aliphatic carbocycles. The summed E-state index contributed by atoms with van der Waals surface area (Å²) in [4.78, 5) is 31.1. The molecule has 28 heavy (non-hydrogen) atoms. The van der Waals surface area contributed by atoms with Crippen molar-refractivity contribution in [2.45, 2.75) is 33.6 Å². The van der Waals surface area contributed by atoms with Crippen molar-refractivity contribution in [2.24, 2.45) is 0 Å². The smallest absolute Gasteiger partial charge is 0.224 e. The molecule has 3 rings (SSSR count). The first kappa shape index (κ1) is 20.6. The Labute approximate surface area is 171 Å². The Hall–Kier alpha value is -2.18. The molecule has 1 aliphatic rings. The van der Waals surface area contributed by atoms with Gasteiger partial charge in [0.15, 0.2) is 5.78 Å². The summed E-state index contributed by atoms with van der Waals surface area (Å²) in [6.45, 7) is 11.5. The standard InChI is InChI=1S/C22H29N3O2S/c1-4-24-11-13-25(14-12-24)18-6-7-19(16(2)15-18)23-22(27)10-8-20(26)21-9-5-17(3)28-21/h5-7,9,15H,4,8,10-14H2,1-3H3,(H,23,27). The van der Waals surface area contributed by atoms with Crippen LogP contribution in [0.3, 0.4) is 0 Å². The van der Waals surface area contributed by atoms with E-state index in [1.807, 2.05) is 32.0 Å². The Morgan fingerprint density at radius 1 is 1.04 bits per heavy atom. The fraction of sp³-hybridized carbons (Fsp3) is 0.455. The third kappa shape index (κ3) is 5.20. The predicted octanol–water partition coefficient (Wildman–Crippen LogP) is 4.11. The summed E-state index contributed by atoms with van der Waals surface area (Å²) in [6.07, 6.45) is 0.445. The van der Waals surface area contributed by atoms with E-state index in [4.69, 9.17) is 0 Å². The van der Waals surface area contributed by atoms with Gasteiger partial charge < -0.3 is 15.1 Å². The molecule has 1 fully saturated rings. The monoisotopic (exact) mass is 399 g/mol. The molecule has 0 atom stereocenters. The molecular formula is C22H29N3O2S. The number of Topliss-reactive ketones (excluding diaryl/α,β-unsaturated/α-hetero) is 1. The summed E-state index contributed by atoms with van der Waals surface area (Å²) in [6, 6.07) is 9.95. The van der Waals surface area contributed by atoms with Gasteiger partial charge in [-0.3, -0.25) is 9.59 Å². The van der Waals surface area contributed by atoms with Gasteiger partial charge in [0.05, 0.1) is 4.88 Å². The van der Waals surface area contributed by atoms with Crippen LogP contribution in [0, 0.1) is 13.8 Å². The number of amides is 1. The Morgan fingerprint density at radius 3 is 2.39 bits per heavy atom. The summed E-state index contributed by atoms with van der Waals surface area (Å²) in [5.41, 5.74) is 3.07. The largest absolute Gasteiger partial charge is 0.369 e. The minimum atomic E-state index is -0.117. The van der Waals surface area contributed by atoms with Crippen LogP contribution in [0.2, 0.25) is 0 Å². The molecule has 1 saturated heterocycles. The molecule has 5 nitrogen and oxygen atoms in total. The molecule has 0 bridgehead atoms. The number of hydrogen-bond donors (Lipinski definition) is 1. The Bertz CT molecular complexity index is 838. The van der Waals surface area contributed by atoms with E-state index in [1.165, 1.54) is 17.0 Å². The highest BCUT2D eigenvalue weighted by Crippen LogP contribution is 2.24. The van der Waals surface area contributed by atoms with Gasteiger partial charge in [-0.1, -0.05) is 6.92 Å². The third-order valence-electron chi connectivity index (χ3n) is 5.26. The molecule has 2 aromatic rings. The molecule has 0 radical (unpaired) electrons. The second kappa shape index (κ2) is 9.34. The van der Waals surface area contributed by atoms with E-state index in [0.29, 0.717) is 0 Å². The number of anilines is 2. The molecule has 1 aromatic carbocycles. The van der Waals surface area contributed by atoms with E-state index in [1.54, 1.807) is 0 Å². The maximum Gasteiger partial charge on any atom is 0.224 e. The molecule has 1 amide bonds. The molecule has 2 heterocycles. The number of rotatable bonds is 7. The first-order valence-corrected chi connectivity index (χ1v) is 10.8. The average Bonchev–Trinajstić information content (AvgIpc) is 3.14. The van der Waals surface area contributed by atoms with E-state index in [9.17, 15) is 9.59 Å². The number of aryl methyl sites for hydroxylation is 2. The lowest BCUT2D eigenvalue weighted by atomic mass is 10.1. The topological polar surface area (TPSA) is 52.6 Å². The minimum absolute atomic E-state index is 0.0338. The van der Waals surface area contributed by atoms with E-state index in [0.717, 1.165) is 53.7 Å². The second-order valence-electron chi connectivity index (χ2n) is 7.30. The van der Waals surface area contributed by atoms with Gasteiger partial charge in [-0.15, -0.1) is 11.3 Å². The number of carbonyl (C=O) groups is 2. The van der Waals surface area contributed by atoms with Crippen molar-refractivity contribution >= 4 is 34.4 Å². The van der Waals surface area contributed by atoms with Crippen LogP contribution in [0.1, 0.15) is 39.9 Å². The van der Waals surface area contributed by atoms with Crippen LogP contribution in [0.4, 0.5) is 11.4 Å². The van der Waals surface area contributed by atoms with Crippen LogP contribution >= 0.6 is 11.3 Å². The van der Waals surface area contributed by atoms with Gasteiger partial charge in [0.1, 0.15) is 0 Å². The molecule has 1 N–H and O–H groups in total. The first-order valence-electron chi connectivity index (χ1n) is 9.93. The van der Waals surface area contributed by atoms with Gasteiger partial charge >= 0.3 is 0 Å². The van der Waals surface area contributed by atoms with E-state index >= 15 is 0 Å². The van der Waals surface area contributed by atoms with Crippen molar-refractivity contribution < 1.29 is 9.59 Å². The summed E-state index contributed by atoms with van der Waals surface area (Å²) in [5.74, 6) is -0.0828. The van der Waals surface area contributed by atoms with Gasteiger partial charge in [-0.25, -0.2) is 0 Å². The number of nitrogens with zero attached hydrogens (tertiary/aromatic N) is 2. The van der Waals surface area contributed by atoms with Gasteiger partial charge in [-0.05, 0) is 56.3 Å². The molecule has 6 heteroatoms. The van der Waals surface area contributed by atoms with Crippen LogP contribution in [-0.2, 0) is 4.79 Å². The van der Waals surface area contributed by atoms with Crippen molar-refractivity contribution in [3.63, 3.8) is 0 Å². The van der Waals surface area contributed by atoms with Crippen molar-refractivity contribution in [3.8, 4) is 0 Å². The minimum Gasteiger partial charge on any atom is -0.369 e. The van der Waals surface area contributed by atoms with Gasteiger partial charge in [0, 0.05) is 55.3 Å². The highest BCUT2D eigenvalue weighted by Gasteiger charge is 2.17. The molecular weight excluding hydrogens is 370 g/mol. The lowest BCUT2D eigenvalue weighted by Gasteiger charge is -2.35. The maximum atomic E-state index is 12.3. The maximum absolute atomic E-state index is 12.3. The number of hydrogen-bond acceptors (Lipinski definition) is 5. The van der Waals surface area contributed by atoms with Crippen LogP contribution in [0.15, 0.2) is 30.3 Å². The van der Waals surface area contributed by atoms with Crippen LogP contribution < -0.4 is 10.2 Å². The fourth-order valence-electron chi connectivity index (χ4n) is 3.45. The number of piperazine rings is 1. The van der Waals surface area contributed by atoms with E-state index < -0.39 is 0 Å². The van der Waals surface area contributed by atoms with E-state index in [-0.39, 0.29) is 24.5 Å². The second-order valence-corrected chi connectivity index (χ2v) is 8.59. The zero-order valence-electron chi connectivity index (χ0n) is 17.0. The molecule has 0 saturated carbocycles. The zero-order valence-corrected chi connectivity index (χ0v) is 17.8. The van der Waals surface area contributed by atoms with Crippen LogP contribution in [0.25, 0.3) is 0 Å². The average molecular weight is 400 g/mol. The molecule has 1 aromatic heterocycles. The van der Waals surface area contributed by atoms with Crippen molar-refractivity contribution in [1.29, 1.82) is 0 Å². The SMILES string of the molecule is CCN1CCN(c2ccc(NC(=O)CCC(=O)c3ccc(C)s3)c(C)c2)CC1. The Kier molecular flexibility index (Phi) is 6.86. The number of carbonyl (C=O) groups excluding carboxylic acids is 2. The fourth-order valence-corrected chi connectivity index (χ4v) is 4.29. The third-order valence-corrected chi connectivity index (χ3v) is 6.30. The lowest BCUT2D eigenvalue weighted by Crippen LogP contribution is -2.46. The molecule has 0 spiro atoms. The lowest BCUT2D eigenvalue weighted by molar-refractivity contribution is -0.116. The summed E-state index contributed by atoms with van der Waals surface area (Å²) < 4.78 is 0. The molecule has 1 aliphatic heterocycles. The Morgan fingerprint density at radius 2 is 1.79 bits per heavy atom. The Balaban J connectivity index is 1.52. The zero-order chi connectivity index (χ0) is 20.1. The number of likely N-dealkylation sites (N-methyl/N-ethyl adjacent to an activating group) is 1. The van der Waals surface area contributed by atoms with Gasteiger partial charge in [0.2, 0.25) is 5.91 Å². The van der Waals surface area contributed by atoms with E-state index in [2.05, 4.69) is 34.2 Å². The number of ketones is 1. The summed E-state index contributed by atoms with van der Waals surface area (Å²) in [5, 5.41) is 2.95. The summed E-state index contributed by atoms with van der Waals surface area (Å²) >= 11 is 1.48. The van der Waals surface area contributed by atoms with Gasteiger partial charge in [0.25, 0.3) is 0 Å². The summed E-state index contributed by atoms with van der Waals surface area (Å²) in [7, 11) is 0. The molecule has 0 unspecified atom stereocenters. The predicted molar refractivity (Wildman–Crippen MR) is 117 cm³/mol. The quantitative estimate of drug-likeness (QED) is 0.712. The number of thiophene rings is 1. The normalized spacial score (nSPS) is 14.9. The van der Waals surface area contributed by atoms with Crippen LogP contribution in [0.5, 0.6) is 0 Å². The van der Waals surface area contributed by atoms with Gasteiger partial charge in [-0.2, -0.15) is 0 Å². The number of benzene rings is 1. The van der Waals surface area contributed by atoms with Crippen molar-refractivity contribution in [1.82, 2.24) is 4.90 Å². The highest BCUT2D eigenvalue weighted by molar-refractivity contribution is 7.14. The molecule has 150 valence electrons. The van der Waals surface area contributed by atoms with Crippen molar-refractivity contribution in [3.05, 3.63) is 45.6 Å². The van der Waals surface area contributed by atoms with Crippen LogP contribution in [-0.4, -0.2) is 49.3 Å². The first-order chi connectivity index (χ1) is 13.5. The number of nitrogens with one attached hydrogen (secondary N) is 1. The van der Waals surface area contributed by atoms with Crippen molar-refractivity contribution in [2.75, 3.05) is 42.9 Å². The highest BCUT2D eigenvalue weighted by atomic mass is 32.1.